The van der Waals surface area contributed by atoms with E-state index in [9.17, 15) is 9.59 Å². The van der Waals surface area contributed by atoms with Crippen molar-refractivity contribution < 1.29 is 23.5 Å². The quantitative estimate of drug-likeness (QED) is 0.455. The zero-order valence-electron chi connectivity index (χ0n) is 18.8. The zero-order chi connectivity index (χ0) is 22.3. The van der Waals surface area contributed by atoms with Crippen LogP contribution in [0.25, 0.3) is 0 Å². The van der Waals surface area contributed by atoms with Gasteiger partial charge in [-0.2, -0.15) is 0 Å². The second kappa shape index (κ2) is 10.6. The number of rotatable bonds is 12. The number of ether oxygens (including phenoxy) is 2. The van der Waals surface area contributed by atoms with Crippen molar-refractivity contribution in [2.75, 3.05) is 13.3 Å². The molecule has 1 saturated carbocycles. The van der Waals surface area contributed by atoms with Gasteiger partial charge in [-0.3, -0.25) is 9.59 Å². The molecule has 172 valence electrons. The fraction of sp³-hybridized carbons (Fsp3) is 0.520. The molecule has 7 nitrogen and oxygen atoms in total. The van der Waals surface area contributed by atoms with E-state index in [1.807, 2.05) is 30.3 Å². The molecule has 1 aliphatic heterocycles. The Hall–Kier alpha value is -2.96. The van der Waals surface area contributed by atoms with E-state index in [0.29, 0.717) is 36.8 Å². The average molecular weight is 441 g/mol. The molecular weight excluding hydrogens is 408 g/mol. The van der Waals surface area contributed by atoms with Gasteiger partial charge in [-0.15, -0.1) is 0 Å². The molecule has 0 atom stereocenters. The van der Waals surface area contributed by atoms with E-state index in [-0.39, 0.29) is 31.2 Å². The van der Waals surface area contributed by atoms with Crippen LogP contribution in [0.1, 0.15) is 63.2 Å². The summed E-state index contributed by atoms with van der Waals surface area (Å²) in [4.78, 5) is 29.8. The highest BCUT2D eigenvalue weighted by Crippen LogP contribution is 2.33. The van der Waals surface area contributed by atoms with E-state index < -0.39 is 0 Å². The summed E-state index contributed by atoms with van der Waals surface area (Å²) in [5.41, 5.74) is 0.943. The molecule has 2 aliphatic rings. The maximum Gasteiger partial charge on any atom is 0.242 e. The Balaban J connectivity index is 1.43. The molecule has 4 rings (SSSR count). The lowest BCUT2D eigenvalue weighted by molar-refractivity contribution is -0.142. The minimum atomic E-state index is -0.0760. The van der Waals surface area contributed by atoms with Crippen LogP contribution in [0, 0.1) is 0 Å². The van der Waals surface area contributed by atoms with Crippen LogP contribution in [0.4, 0.5) is 0 Å². The maximum absolute atomic E-state index is 13.4. The highest BCUT2D eigenvalue weighted by Gasteiger charge is 2.34. The van der Waals surface area contributed by atoms with Gasteiger partial charge in [-0.05, 0) is 49.1 Å². The van der Waals surface area contributed by atoms with Crippen molar-refractivity contribution in [2.45, 2.75) is 71.0 Å². The number of hydrogen-bond donors (Lipinski definition) is 0. The van der Waals surface area contributed by atoms with Gasteiger partial charge in [0, 0.05) is 19.0 Å². The first kappa shape index (κ1) is 22.2. The van der Waals surface area contributed by atoms with Gasteiger partial charge in [-0.1, -0.05) is 32.3 Å². The van der Waals surface area contributed by atoms with Crippen molar-refractivity contribution in [3.63, 3.8) is 0 Å². The summed E-state index contributed by atoms with van der Waals surface area (Å²) in [5, 5.41) is 0. The summed E-state index contributed by atoms with van der Waals surface area (Å²) in [5.74, 6) is 2.13. The maximum atomic E-state index is 13.4. The summed E-state index contributed by atoms with van der Waals surface area (Å²) in [6, 6.07) is 9.58. The molecule has 0 spiro atoms. The standard InChI is InChI=1S/C25H32N2O5/c1-2-3-4-5-8-24(28)27(20-10-11-20)17-25(29)26(16-21-7-6-13-30-21)15-19-9-12-22-23(14-19)32-18-31-22/h6-7,9,12-14,20H,2-5,8,10-11,15-18H2,1H3. The number of nitrogens with zero attached hydrogens (tertiary/aromatic N) is 2. The molecular formula is C25H32N2O5. The number of amides is 2. The van der Waals surface area contributed by atoms with Gasteiger partial charge in [-0.25, -0.2) is 0 Å². The van der Waals surface area contributed by atoms with Crippen molar-refractivity contribution in [2.24, 2.45) is 0 Å². The number of carbonyl (C=O) groups is 2. The lowest BCUT2D eigenvalue weighted by atomic mass is 10.1. The normalized spacial score (nSPS) is 14.4. The molecule has 2 amide bonds. The van der Waals surface area contributed by atoms with Gasteiger partial charge in [0.25, 0.3) is 0 Å². The fourth-order valence-electron chi connectivity index (χ4n) is 3.98. The first-order valence-electron chi connectivity index (χ1n) is 11.6. The number of benzene rings is 1. The van der Waals surface area contributed by atoms with E-state index in [0.717, 1.165) is 44.1 Å². The molecule has 0 radical (unpaired) electrons. The monoisotopic (exact) mass is 440 g/mol. The van der Waals surface area contributed by atoms with Crippen molar-refractivity contribution in [1.29, 1.82) is 0 Å². The highest BCUT2D eigenvalue weighted by molar-refractivity contribution is 5.85. The number of fused-ring (bicyclic) bond motifs is 1. The Morgan fingerprint density at radius 3 is 2.59 bits per heavy atom. The minimum absolute atomic E-state index is 0.0760. The molecule has 2 aromatic rings. The fourth-order valence-corrected chi connectivity index (χ4v) is 3.98. The number of carbonyl (C=O) groups excluding carboxylic acids is 2. The predicted octanol–water partition coefficient (Wildman–Crippen LogP) is 4.50. The predicted molar refractivity (Wildman–Crippen MR) is 119 cm³/mol. The van der Waals surface area contributed by atoms with Crippen LogP contribution in [-0.4, -0.2) is 41.0 Å². The van der Waals surface area contributed by atoms with E-state index in [1.54, 1.807) is 16.1 Å². The number of hydrogen-bond acceptors (Lipinski definition) is 5. The van der Waals surface area contributed by atoms with E-state index in [2.05, 4.69) is 6.92 Å². The smallest absolute Gasteiger partial charge is 0.242 e. The van der Waals surface area contributed by atoms with Crippen LogP contribution in [0.3, 0.4) is 0 Å². The summed E-state index contributed by atoms with van der Waals surface area (Å²) < 4.78 is 16.4. The molecule has 32 heavy (non-hydrogen) atoms. The van der Waals surface area contributed by atoms with Gasteiger partial charge in [0.1, 0.15) is 12.3 Å². The van der Waals surface area contributed by atoms with Gasteiger partial charge in [0.05, 0.1) is 12.8 Å². The molecule has 2 heterocycles. The van der Waals surface area contributed by atoms with Crippen LogP contribution in [0.5, 0.6) is 11.5 Å². The van der Waals surface area contributed by atoms with Crippen molar-refractivity contribution in [1.82, 2.24) is 9.80 Å². The van der Waals surface area contributed by atoms with Crippen LogP contribution < -0.4 is 9.47 Å². The summed E-state index contributed by atoms with van der Waals surface area (Å²) >= 11 is 0. The van der Waals surface area contributed by atoms with Crippen LogP contribution in [0.2, 0.25) is 0 Å². The van der Waals surface area contributed by atoms with E-state index in [1.165, 1.54) is 0 Å². The largest absolute Gasteiger partial charge is 0.467 e. The van der Waals surface area contributed by atoms with Crippen molar-refractivity contribution in [3.8, 4) is 11.5 Å². The topological polar surface area (TPSA) is 72.2 Å². The Bertz CT molecular complexity index is 907. The second-order valence-corrected chi connectivity index (χ2v) is 8.58. The Kier molecular flexibility index (Phi) is 7.35. The third kappa shape index (κ3) is 5.84. The SMILES string of the molecule is CCCCCCC(=O)N(CC(=O)N(Cc1ccc2c(c1)OCO2)Cc1ccco1)C1CC1. The van der Waals surface area contributed by atoms with E-state index in [4.69, 9.17) is 13.9 Å². The summed E-state index contributed by atoms with van der Waals surface area (Å²) in [6.07, 6.45) is 8.31. The third-order valence-corrected chi connectivity index (χ3v) is 5.95. The molecule has 0 bridgehead atoms. The van der Waals surface area contributed by atoms with Gasteiger partial charge in [0.2, 0.25) is 18.6 Å². The molecule has 1 fully saturated rings. The van der Waals surface area contributed by atoms with Gasteiger partial charge < -0.3 is 23.7 Å². The number of furan rings is 1. The molecule has 0 N–H and O–H groups in total. The molecule has 7 heteroatoms. The highest BCUT2D eigenvalue weighted by atomic mass is 16.7. The molecule has 1 aromatic carbocycles. The first-order chi connectivity index (χ1) is 15.6. The van der Waals surface area contributed by atoms with Crippen LogP contribution in [0.15, 0.2) is 41.0 Å². The number of unbranched alkanes of at least 4 members (excludes halogenated alkanes) is 3. The summed E-state index contributed by atoms with van der Waals surface area (Å²) in [7, 11) is 0. The lowest BCUT2D eigenvalue weighted by Crippen LogP contribution is -2.43. The molecule has 1 aromatic heterocycles. The molecule has 0 saturated heterocycles. The van der Waals surface area contributed by atoms with Crippen molar-refractivity contribution >= 4 is 11.8 Å². The van der Waals surface area contributed by atoms with Crippen LogP contribution in [-0.2, 0) is 22.7 Å². The first-order valence-corrected chi connectivity index (χ1v) is 11.6. The Morgan fingerprint density at radius 1 is 1.00 bits per heavy atom. The lowest BCUT2D eigenvalue weighted by Gasteiger charge is -2.27. The molecule has 0 unspecified atom stereocenters. The second-order valence-electron chi connectivity index (χ2n) is 8.58. The third-order valence-electron chi connectivity index (χ3n) is 5.95. The van der Waals surface area contributed by atoms with Crippen LogP contribution >= 0.6 is 0 Å². The zero-order valence-corrected chi connectivity index (χ0v) is 18.8. The minimum Gasteiger partial charge on any atom is -0.467 e. The van der Waals surface area contributed by atoms with Gasteiger partial charge in [0.15, 0.2) is 11.5 Å². The Morgan fingerprint density at radius 2 is 1.84 bits per heavy atom. The van der Waals surface area contributed by atoms with Crippen molar-refractivity contribution in [3.05, 3.63) is 47.9 Å². The molecule has 1 aliphatic carbocycles. The van der Waals surface area contributed by atoms with E-state index >= 15 is 0 Å². The summed E-state index contributed by atoms with van der Waals surface area (Å²) in [6.45, 7) is 3.24. The average Bonchev–Trinajstić information content (AvgIpc) is 3.29. The van der Waals surface area contributed by atoms with Gasteiger partial charge >= 0.3 is 0 Å². The Labute approximate surface area is 189 Å².